The van der Waals surface area contributed by atoms with Gasteiger partial charge in [-0.2, -0.15) is 0 Å². The van der Waals surface area contributed by atoms with E-state index >= 15 is 0 Å². The highest BCUT2D eigenvalue weighted by Gasteiger charge is 2.31. The Labute approximate surface area is 167 Å². The second-order valence-corrected chi connectivity index (χ2v) is 7.27. The number of ether oxygens (including phenoxy) is 1. The predicted molar refractivity (Wildman–Crippen MR) is 102 cm³/mol. The van der Waals surface area contributed by atoms with Crippen LogP contribution >= 0.6 is 0 Å². The van der Waals surface area contributed by atoms with Gasteiger partial charge in [-0.3, -0.25) is 4.79 Å². The summed E-state index contributed by atoms with van der Waals surface area (Å²) in [6.07, 6.45) is 0.442. The molecule has 154 valence electrons. The van der Waals surface area contributed by atoms with E-state index in [9.17, 15) is 23.5 Å². The molecule has 1 amide bonds. The van der Waals surface area contributed by atoms with Crippen molar-refractivity contribution in [3.63, 3.8) is 0 Å². The van der Waals surface area contributed by atoms with E-state index in [4.69, 9.17) is 4.74 Å². The molecule has 0 bridgehead atoms. The van der Waals surface area contributed by atoms with E-state index in [0.29, 0.717) is 31.5 Å². The predicted octanol–water partition coefficient (Wildman–Crippen LogP) is 4.57. The number of halogens is 2. The lowest BCUT2D eigenvalue weighted by atomic mass is 9.78. The Morgan fingerprint density at radius 3 is 2.28 bits per heavy atom. The first-order valence-corrected chi connectivity index (χ1v) is 9.56. The van der Waals surface area contributed by atoms with Gasteiger partial charge in [0.15, 0.2) is 0 Å². The van der Waals surface area contributed by atoms with Gasteiger partial charge in [-0.25, -0.2) is 13.6 Å². The Balaban J connectivity index is 1.60. The molecular weight excluding hydrogens is 380 g/mol. The number of carbonyl (C=O) groups excluding carboxylic acids is 1. The van der Waals surface area contributed by atoms with Crippen molar-refractivity contribution < 1.29 is 28.2 Å². The molecule has 1 atom stereocenters. The molecule has 5 nitrogen and oxygen atoms in total. The van der Waals surface area contributed by atoms with Crippen LogP contribution in [0.1, 0.15) is 36.3 Å². The number of hydrogen-bond acceptors (Lipinski definition) is 3. The Bertz CT molecular complexity index is 831. The van der Waals surface area contributed by atoms with Crippen molar-refractivity contribution in [3.8, 4) is 0 Å². The third-order valence-corrected chi connectivity index (χ3v) is 5.28. The minimum Gasteiger partial charge on any atom is -0.481 e. The zero-order valence-corrected chi connectivity index (χ0v) is 15.9. The average molecular weight is 403 g/mol. The lowest BCUT2D eigenvalue weighted by Crippen LogP contribution is -2.40. The van der Waals surface area contributed by atoms with Crippen molar-refractivity contribution in [3.05, 3.63) is 71.3 Å². The summed E-state index contributed by atoms with van der Waals surface area (Å²) in [5.41, 5.74) is 1.24. The largest absolute Gasteiger partial charge is 0.481 e. The summed E-state index contributed by atoms with van der Waals surface area (Å²) in [4.78, 5) is 25.2. The second kappa shape index (κ2) is 9.49. The molecule has 1 fully saturated rings. The van der Waals surface area contributed by atoms with E-state index in [1.165, 1.54) is 12.1 Å². The summed E-state index contributed by atoms with van der Waals surface area (Å²) in [7, 11) is 0. The highest BCUT2D eigenvalue weighted by Crippen LogP contribution is 2.36. The lowest BCUT2D eigenvalue weighted by molar-refractivity contribution is -0.137. The van der Waals surface area contributed by atoms with E-state index in [-0.39, 0.29) is 18.9 Å². The second-order valence-electron chi connectivity index (χ2n) is 7.27. The number of carbonyl (C=O) groups is 2. The molecule has 3 rings (SSSR count). The SMILES string of the molecule is O=C(O)C[C@@H](c1cc(F)cc(F)c1)C1CCN(C(=O)OCc2ccccc2)CC1. The van der Waals surface area contributed by atoms with E-state index in [1.54, 1.807) is 4.90 Å². The van der Waals surface area contributed by atoms with Crippen LogP contribution in [0.5, 0.6) is 0 Å². The number of carboxylic acid groups (broad SMARTS) is 1. The molecule has 1 saturated heterocycles. The molecule has 2 aromatic rings. The highest BCUT2D eigenvalue weighted by atomic mass is 19.1. The van der Waals surface area contributed by atoms with Gasteiger partial charge in [0.2, 0.25) is 0 Å². The fourth-order valence-electron chi connectivity index (χ4n) is 3.83. The Hall–Kier alpha value is -2.96. The van der Waals surface area contributed by atoms with Crippen LogP contribution in [-0.4, -0.2) is 35.2 Å². The topological polar surface area (TPSA) is 66.8 Å². The maximum atomic E-state index is 13.6. The molecule has 0 radical (unpaired) electrons. The van der Waals surface area contributed by atoms with E-state index in [2.05, 4.69) is 0 Å². The first-order valence-electron chi connectivity index (χ1n) is 9.56. The number of likely N-dealkylation sites (tertiary alicyclic amines) is 1. The van der Waals surface area contributed by atoms with Gasteiger partial charge in [0, 0.05) is 19.2 Å². The van der Waals surface area contributed by atoms with Crippen LogP contribution in [0, 0.1) is 17.6 Å². The number of piperidine rings is 1. The molecule has 7 heteroatoms. The van der Waals surface area contributed by atoms with Gasteiger partial charge in [0.05, 0.1) is 6.42 Å². The fraction of sp³-hybridized carbons (Fsp3) is 0.364. The molecule has 0 aliphatic carbocycles. The molecule has 0 saturated carbocycles. The summed E-state index contributed by atoms with van der Waals surface area (Å²) in [6.45, 7) is 1.00. The maximum Gasteiger partial charge on any atom is 0.410 e. The van der Waals surface area contributed by atoms with Gasteiger partial charge in [-0.15, -0.1) is 0 Å². The first kappa shape index (κ1) is 20.8. The zero-order valence-electron chi connectivity index (χ0n) is 15.9. The molecule has 2 aromatic carbocycles. The third kappa shape index (κ3) is 5.76. The van der Waals surface area contributed by atoms with Gasteiger partial charge in [-0.05, 0) is 47.9 Å². The fourth-order valence-corrected chi connectivity index (χ4v) is 3.83. The summed E-state index contributed by atoms with van der Waals surface area (Å²) in [6, 6.07) is 12.5. The van der Waals surface area contributed by atoms with Gasteiger partial charge in [-0.1, -0.05) is 30.3 Å². The number of carboxylic acids is 1. The van der Waals surface area contributed by atoms with Crippen LogP contribution in [0.25, 0.3) is 0 Å². The summed E-state index contributed by atoms with van der Waals surface area (Å²) < 4.78 is 32.6. The third-order valence-electron chi connectivity index (χ3n) is 5.28. The Kier molecular flexibility index (Phi) is 6.80. The molecule has 0 spiro atoms. The monoisotopic (exact) mass is 403 g/mol. The quantitative estimate of drug-likeness (QED) is 0.767. The number of nitrogens with zero attached hydrogens (tertiary/aromatic N) is 1. The number of benzene rings is 2. The lowest BCUT2D eigenvalue weighted by Gasteiger charge is -2.35. The number of hydrogen-bond donors (Lipinski definition) is 1. The molecule has 1 N–H and O–H groups in total. The summed E-state index contributed by atoms with van der Waals surface area (Å²) >= 11 is 0. The average Bonchev–Trinajstić information content (AvgIpc) is 2.70. The van der Waals surface area contributed by atoms with Crippen LogP contribution in [0.15, 0.2) is 48.5 Å². The van der Waals surface area contributed by atoms with Crippen molar-refractivity contribution in [1.29, 1.82) is 0 Å². The van der Waals surface area contributed by atoms with Crippen LogP contribution in [0.2, 0.25) is 0 Å². The van der Waals surface area contributed by atoms with Gasteiger partial charge >= 0.3 is 12.1 Å². The first-order chi connectivity index (χ1) is 13.9. The summed E-state index contributed by atoms with van der Waals surface area (Å²) in [5.74, 6) is -3.08. The minimum atomic E-state index is -1.02. The molecule has 29 heavy (non-hydrogen) atoms. The van der Waals surface area contributed by atoms with Crippen LogP contribution in [0.4, 0.5) is 13.6 Å². The van der Waals surface area contributed by atoms with Gasteiger partial charge in [0.25, 0.3) is 0 Å². The molecule has 1 heterocycles. The molecular formula is C22H23F2NO4. The van der Waals surface area contributed by atoms with Crippen molar-refractivity contribution >= 4 is 12.1 Å². The van der Waals surface area contributed by atoms with E-state index < -0.39 is 29.6 Å². The number of amides is 1. The van der Waals surface area contributed by atoms with E-state index in [1.807, 2.05) is 30.3 Å². The molecule has 1 aliphatic rings. The van der Waals surface area contributed by atoms with Crippen molar-refractivity contribution in [1.82, 2.24) is 4.90 Å². The van der Waals surface area contributed by atoms with Crippen LogP contribution in [-0.2, 0) is 16.1 Å². The number of rotatable bonds is 6. The standard InChI is InChI=1S/C22H23F2NO4/c23-18-10-17(11-19(24)12-18)20(13-21(26)27)16-6-8-25(9-7-16)22(28)29-14-15-4-2-1-3-5-15/h1-5,10-12,16,20H,6-9,13-14H2,(H,26,27)/t20-/m1/s1. The zero-order chi connectivity index (χ0) is 20.8. The van der Waals surface area contributed by atoms with Gasteiger partial charge in [0.1, 0.15) is 18.2 Å². The van der Waals surface area contributed by atoms with Crippen molar-refractivity contribution in [2.75, 3.05) is 13.1 Å². The van der Waals surface area contributed by atoms with Crippen molar-refractivity contribution in [2.45, 2.75) is 31.8 Å². The Morgan fingerprint density at radius 1 is 1.07 bits per heavy atom. The van der Waals surface area contributed by atoms with Crippen LogP contribution < -0.4 is 0 Å². The maximum absolute atomic E-state index is 13.6. The number of aliphatic carboxylic acids is 1. The van der Waals surface area contributed by atoms with E-state index in [0.717, 1.165) is 11.6 Å². The summed E-state index contributed by atoms with van der Waals surface area (Å²) in [5, 5.41) is 9.26. The normalized spacial score (nSPS) is 15.7. The smallest absolute Gasteiger partial charge is 0.410 e. The van der Waals surface area contributed by atoms with Gasteiger partial charge < -0.3 is 14.7 Å². The molecule has 1 aliphatic heterocycles. The van der Waals surface area contributed by atoms with Crippen LogP contribution in [0.3, 0.4) is 0 Å². The van der Waals surface area contributed by atoms with Crippen molar-refractivity contribution in [2.24, 2.45) is 5.92 Å². The Morgan fingerprint density at radius 2 is 1.69 bits per heavy atom. The molecule has 0 aromatic heterocycles. The highest BCUT2D eigenvalue weighted by molar-refractivity contribution is 5.68. The molecule has 0 unspecified atom stereocenters. The minimum absolute atomic E-state index is 0.0922.